The number of carbonyl (C=O) groups excluding carboxylic acids is 1. The Balaban J connectivity index is 2.11. The average Bonchev–Trinajstić information content (AvgIpc) is 2.56. The molecule has 0 saturated heterocycles. The molecule has 3 heteroatoms. The number of Topliss-reactive ketones (excluding diaryl/α,β-unsaturated/α-hetero) is 1. The van der Waals surface area contributed by atoms with Crippen molar-refractivity contribution in [1.82, 2.24) is 9.78 Å². The lowest BCUT2D eigenvalue weighted by molar-refractivity contribution is -0.126. The SMILES string of the molecule is Cc1ccc2cnn(C3CC(=O)C3)c2c1. The average molecular weight is 200 g/mol. The van der Waals surface area contributed by atoms with Gasteiger partial charge in [0, 0.05) is 18.2 Å². The van der Waals surface area contributed by atoms with Gasteiger partial charge in [-0.3, -0.25) is 9.48 Å². The van der Waals surface area contributed by atoms with Gasteiger partial charge in [0.05, 0.1) is 17.8 Å². The minimum Gasteiger partial charge on any atom is -0.300 e. The van der Waals surface area contributed by atoms with E-state index >= 15 is 0 Å². The summed E-state index contributed by atoms with van der Waals surface area (Å²) in [7, 11) is 0. The van der Waals surface area contributed by atoms with Crippen molar-refractivity contribution in [2.24, 2.45) is 0 Å². The molecule has 0 amide bonds. The fourth-order valence-electron chi connectivity index (χ4n) is 2.08. The van der Waals surface area contributed by atoms with Gasteiger partial charge in [-0.15, -0.1) is 0 Å². The Morgan fingerprint density at radius 1 is 1.40 bits per heavy atom. The molecule has 1 aliphatic rings. The van der Waals surface area contributed by atoms with E-state index in [4.69, 9.17) is 0 Å². The van der Waals surface area contributed by atoms with Crippen LogP contribution in [0, 0.1) is 6.92 Å². The van der Waals surface area contributed by atoms with Crippen molar-refractivity contribution in [3.63, 3.8) is 0 Å². The van der Waals surface area contributed by atoms with Crippen LogP contribution in [0.2, 0.25) is 0 Å². The van der Waals surface area contributed by atoms with Crippen molar-refractivity contribution in [3.05, 3.63) is 30.0 Å². The Kier molecular flexibility index (Phi) is 1.69. The molecule has 1 aliphatic carbocycles. The van der Waals surface area contributed by atoms with Gasteiger partial charge in [0.15, 0.2) is 0 Å². The molecule has 76 valence electrons. The molecule has 0 bridgehead atoms. The predicted molar refractivity (Wildman–Crippen MR) is 57.7 cm³/mol. The van der Waals surface area contributed by atoms with Crippen molar-refractivity contribution < 1.29 is 4.79 Å². The topological polar surface area (TPSA) is 34.9 Å². The van der Waals surface area contributed by atoms with E-state index in [1.807, 2.05) is 10.9 Å². The van der Waals surface area contributed by atoms with E-state index in [0.29, 0.717) is 18.6 Å². The standard InChI is InChI=1S/C12H12N2O/c1-8-2-3-9-7-13-14(12(9)4-8)10-5-11(15)6-10/h2-4,7,10H,5-6H2,1H3. The Hall–Kier alpha value is -1.64. The van der Waals surface area contributed by atoms with Crippen molar-refractivity contribution in [2.75, 3.05) is 0 Å². The maximum atomic E-state index is 11.0. The molecular weight excluding hydrogens is 188 g/mol. The summed E-state index contributed by atoms with van der Waals surface area (Å²) in [5.74, 6) is 0.344. The summed E-state index contributed by atoms with van der Waals surface area (Å²) in [6.07, 6.45) is 3.16. The first kappa shape index (κ1) is 8.65. The molecule has 3 rings (SSSR count). The van der Waals surface area contributed by atoms with Crippen LogP contribution in [0.15, 0.2) is 24.4 Å². The van der Waals surface area contributed by atoms with Gasteiger partial charge >= 0.3 is 0 Å². The lowest BCUT2D eigenvalue weighted by atomic mass is 9.91. The van der Waals surface area contributed by atoms with E-state index in [9.17, 15) is 4.79 Å². The fourth-order valence-corrected chi connectivity index (χ4v) is 2.08. The number of aromatic nitrogens is 2. The Morgan fingerprint density at radius 3 is 2.93 bits per heavy atom. The predicted octanol–water partition coefficient (Wildman–Crippen LogP) is 2.25. The third kappa shape index (κ3) is 1.27. The van der Waals surface area contributed by atoms with Crippen LogP contribution in [-0.4, -0.2) is 15.6 Å². The molecular formula is C12H12N2O. The molecule has 0 atom stereocenters. The smallest absolute Gasteiger partial charge is 0.137 e. The number of hydrogen-bond donors (Lipinski definition) is 0. The third-order valence-corrected chi connectivity index (χ3v) is 3.03. The van der Waals surface area contributed by atoms with Crippen molar-refractivity contribution in [3.8, 4) is 0 Å². The van der Waals surface area contributed by atoms with Gasteiger partial charge in [0.1, 0.15) is 5.78 Å². The Labute approximate surface area is 87.7 Å². The first-order valence-corrected chi connectivity index (χ1v) is 5.19. The number of benzene rings is 1. The largest absolute Gasteiger partial charge is 0.300 e. The number of hydrogen-bond acceptors (Lipinski definition) is 2. The molecule has 0 radical (unpaired) electrons. The molecule has 1 fully saturated rings. The summed E-state index contributed by atoms with van der Waals surface area (Å²) >= 11 is 0. The lowest BCUT2D eigenvalue weighted by Gasteiger charge is -2.25. The normalized spacial score (nSPS) is 17.0. The minimum atomic E-state index is 0.289. The van der Waals surface area contributed by atoms with Crippen LogP contribution < -0.4 is 0 Å². The zero-order valence-corrected chi connectivity index (χ0v) is 8.60. The van der Waals surface area contributed by atoms with E-state index in [-0.39, 0.29) is 6.04 Å². The maximum absolute atomic E-state index is 11.0. The molecule has 1 aromatic carbocycles. The number of aryl methyl sites for hydroxylation is 1. The first-order chi connectivity index (χ1) is 7.24. The maximum Gasteiger partial charge on any atom is 0.137 e. The highest BCUT2D eigenvalue weighted by Gasteiger charge is 2.29. The Morgan fingerprint density at radius 2 is 2.20 bits per heavy atom. The summed E-state index contributed by atoms with van der Waals surface area (Å²) in [6.45, 7) is 2.07. The second kappa shape index (κ2) is 2.92. The number of fused-ring (bicyclic) bond motifs is 1. The van der Waals surface area contributed by atoms with Crippen LogP contribution in [0.25, 0.3) is 10.9 Å². The van der Waals surface area contributed by atoms with Gasteiger partial charge in [0.2, 0.25) is 0 Å². The summed E-state index contributed by atoms with van der Waals surface area (Å²) < 4.78 is 1.99. The van der Waals surface area contributed by atoms with E-state index in [1.165, 1.54) is 5.56 Å². The summed E-state index contributed by atoms with van der Waals surface area (Å²) in [5, 5.41) is 5.51. The van der Waals surface area contributed by atoms with E-state index in [2.05, 4.69) is 30.2 Å². The van der Waals surface area contributed by atoms with E-state index in [1.54, 1.807) is 0 Å². The monoisotopic (exact) mass is 200 g/mol. The second-order valence-corrected chi connectivity index (χ2v) is 4.25. The summed E-state index contributed by atoms with van der Waals surface area (Å²) in [4.78, 5) is 11.0. The van der Waals surface area contributed by atoms with Gasteiger partial charge < -0.3 is 0 Å². The number of carbonyl (C=O) groups is 1. The molecule has 1 heterocycles. The number of ketones is 1. The quantitative estimate of drug-likeness (QED) is 0.707. The molecule has 0 aliphatic heterocycles. The molecule has 0 spiro atoms. The van der Waals surface area contributed by atoms with Crippen LogP contribution in [-0.2, 0) is 4.79 Å². The molecule has 0 N–H and O–H groups in total. The zero-order valence-electron chi connectivity index (χ0n) is 8.60. The Bertz CT molecular complexity index is 534. The van der Waals surface area contributed by atoms with Crippen molar-refractivity contribution >= 4 is 16.7 Å². The van der Waals surface area contributed by atoms with Crippen LogP contribution in [0.1, 0.15) is 24.4 Å². The fraction of sp³-hybridized carbons (Fsp3) is 0.333. The highest BCUT2D eigenvalue weighted by atomic mass is 16.1. The lowest BCUT2D eigenvalue weighted by Crippen LogP contribution is -2.27. The molecule has 3 nitrogen and oxygen atoms in total. The van der Waals surface area contributed by atoms with Crippen LogP contribution >= 0.6 is 0 Å². The van der Waals surface area contributed by atoms with Gasteiger partial charge in [-0.05, 0) is 18.6 Å². The van der Waals surface area contributed by atoms with E-state index < -0.39 is 0 Å². The van der Waals surface area contributed by atoms with Crippen molar-refractivity contribution in [2.45, 2.75) is 25.8 Å². The molecule has 1 saturated carbocycles. The summed E-state index contributed by atoms with van der Waals surface area (Å²) in [5.41, 5.74) is 2.38. The molecule has 15 heavy (non-hydrogen) atoms. The second-order valence-electron chi connectivity index (χ2n) is 4.25. The highest BCUT2D eigenvalue weighted by Crippen LogP contribution is 2.30. The molecule has 2 aromatic rings. The van der Waals surface area contributed by atoms with Crippen LogP contribution in [0.4, 0.5) is 0 Å². The molecule has 1 aromatic heterocycles. The number of rotatable bonds is 1. The number of nitrogens with zero attached hydrogens (tertiary/aromatic N) is 2. The highest BCUT2D eigenvalue weighted by molar-refractivity contribution is 5.86. The summed E-state index contributed by atoms with van der Waals surface area (Å²) in [6, 6.07) is 6.58. The van der Waals surface area contributed by atoms with Gasteiger partial charge in [0.25, 0.3) is 0 Å². The van der Waals surface area contributed by atoms with Gasteiger partial charge in [-0.1, -0.05) is 12.1 Å². The van der Waals surface area contributed by atoms with Gasteiger partial charge in [-0.25, -0.2) is 0 Å². The molecule has 0 unspecified atom stereocenters. The van der Waals surface area contributed by atoms with Gasteiger partial charge in [-0.2, -0.15) is 5.10 Å². The van der Waals surface area contributed by atoms with Crippen LogP contribution in [0.3, 0.4) is 0 Å². The first-order valence-electron chi connectivity index (χ1n) is 5.19. The van der Waals surface area contributed by atoms with Crippen molar-refractivity contribution in [1.29, 1.82) is 0 Å². The minimum absolute atomic E-state index is 0.289. The van der Waals surface area contributed by atoms with Crippen LogP contribution in [0.5, 0.6) is 0 Å². The van der Waals surface area contributed by atoms with E-state index in [0.717, 1.165) is 10.9 Å². The zero-order chi connectivity index (χ0) is 10.4. The third-order valence-electron chi connectivity index (χ3n) is 3.03.